The zero-order valence-corrected chi connectivity index (χ0v) is 16.3. The van der Waals surface area contributed by atoms with Crippen molar-refractivity contribution in [2.24, 2.45) is 0 Å². The summed E-state index contributed by atoms with van der Waals surface area (Å²) in [6.07, 6.45) is 3.27. The highest BCUT2D eigenvalue weighted by molar-refractivity contribution is 5.87. The molecule has 0 fully saturated rings. The number of aromatic nitrogens is 3. The summed E-state index contributed by atoms with van der Waals surface area (Å²) in [4.78, 5) is 8.48. The zero-order valence-electron chi connectivity index (χ0n) is 16.3. The summed E-state index contributed by atoms with van der Waals surface area (Å²) in [6.45, 7) is 4.86. The van der Waals surface area contributed by atoms with Gasteiger partial charge in [-0.05, 0) is 47.5 Å². The average molecular weight is 393 g/mol. The predicted molar refractivity (Wildman–Crippen MR) is 106 cm³/mol. The van der Waals surface area contributed by atoms with Gasteiger partial charge in [0.2, 0.25) is 5.85 Å². The van der Waals surface area contributed by atoms with Crippen molar-refractivity contribution in [1.82, 2.24) is 15.1 Å². The molecular formula is C22H20FN3O3. The summed E-state index contributed by atoms with van der Waals surface area (Å²) in [6, 6.07) is 12.9. The molecular weight excluding hydrogens is 373 g/mol. The van der Waals surface area contributed by atoms with Crippen LogP contribution in [0.4, 0.5) is 4.39 Å². The highest BCUT2D eigenvalue weighted by Crippen LogP contribution is 2.31. The second-order valence-electron chi connectivity index (χ2n) is 7.07. The first-order valence-corrected chi connectivity index (χ1v) is 9.16. The number of aryl methyl sites for hydroxylation is 1. The van der Waals surface area contributed by atoms with Crippen LogP contribution in [0.1, 0.15) is 25.2 Å². The maximum Gasteiger partial charge on any atom is 0.262 e. The molecule has 2 aromatic carbocycles. The van der Waals surface area contributed by atoms with Crippen LogP contribution in [0.3, 0.4) is 0 Å². The number of rotatable bonds is 6. The van der Waals surface area contributed by atoms with Gasteiger partial charge in [0.15, 0.2) is 5.58 Å². The third kappa shape index (κ3) is 4.34. The lowest BCUT2D eigenvalue weighted by Crippen LogP contribution is -2.20. The van der Waals surface area contributed by atoms with Gasteiger partial charge >= 0.3 is 0 Å². The smallest absolute Gasteiger partial charge is 0.262 e. The first-order valence-electron chi connectivity index (χ1n) is 9.16. The summed E-state index contributed by atoms with van der Waals surface area (Å²) in [5.74, 6) is -0.863. The van der Waals surface area contributed by atoms with Crippen molar-refractivity contribution < 1.29 is 18.4 Å². The summed E-state index contributed by atoms with van der Waals surface area (Å²) < 4.78 is 30.1. The molecule has 0 saturated heterocycles. The van der Waals surface area contributed by atoms with Crippen molar-refractivity contribution in [3.05, 3.63) is 66.2 Å². The van der Waals surface area contributed by atoms with Gasteiger partial charge in [-0.1, -0.05) is 18.2 Å². The minimum atomic E-state index is -1.73. The van der Waals surface area contributed by atoms with E-state index < -0.39 is 5.85 Å². The van der Waals surface area contributed by atoms with Gasteiger partial charge in [-0.3, -0.25) is 9.97 Å². The van der Waals surface area contributed by atoms with E-state index in [1.165, 1.54) is 13.8 Å². The molecule has 0 N–H and O–H groups in total. The number of benzene rings is 2. The normalized spacial score (nSPS) is 11.6. The van der Waals surface area contributed by atoms with Gasteiger partial charge in [-0.15, -0.1) is 0 Å². The van der Waals surface area contributed by atoms with Crippen LogP contribution in [0.15, 0.2) is 59.4 Å². The minimum Gasteiger partial charge on any atom is -0.468 e. The molecule has 6 nitrogen and oxygen atoms in total. The molecule has 0 aliphatic carbocycles. The van der Waals surface area contributed by atoms with E-state index in [0.29, 0.717) is 17.2 Å². The molecule has 4 rings (SSSR count). The van der Waals surface area contributed by atoms with Gasteiger partial charge in [0, 0.05) is 26.2 Å². The van der Waals surface area contributed by atoms with Crippen molar-refractivity contribution >= 4 is 11.0 Å². The number of fused-ring (bicyclic) bond motifs is 1. The largest absolute Gasteiger partial charge is 0.468 e. The Morgan fingerprint density at radius 3 is 2.45 bits per heavy atom. The fourth-order valence-electron chi connectivity index (χ4n) is 2.91. The number of ether oxygens (including phenoxy) is 2. The van der Waals surface area contributed by atoms with E-state index >= 15 is 0 Å². The second-order valence-corrected chi connectivity index (χ2v) is 7.07. The number of hydrogen-bond donors (Lipinski definition) is 0. The predicted octanol–water partition coefficient (Wildman–Crippen LogP) is 5.26. The van der Waals surface area contributed by atoms with Crippen LogP contribution >= 0.6 is 0 Å². The van der Waals surface area contributed by atoms with E-state index in [1.54, 1.807) is 24.5 Å². The van der Waals surface area contributed by atoms with E-state index in [2.05, 4.69) is 15.1 Å². The van der Waals surface area contributed by atoms with Gasteiger partial charge < -0.3 is 14.0 Å². The van der Waals surface area contributed by atoms with E-state index in [0.717, 1.165) is 27.9 Å². The Labute approximate surface area is 167 Å². The van der Waals surface area contributed by atoms with E-state index in [1.807, 2.05) is 37.3 Å². The fraction of sp³-hybridized carbons (Fsp3) is 0.227. The third-order valence-electron chi connectivity index (χ3n) is 4.31. The van der Waals surface area contributed by atoms with Crippen molar-refractivity contribution in [2.75, 3.05) is 0 Å². The lowest BCUT2D eigenvalue weighted by atomic mass is 10.0. The number of halogens is 1. The van der Waals surface area contributed by atoms with Crippen LogP contribution in [0.2, 0.25) is 0 Å². The first-order chi connectivity index (χ1) is 13.9. The molecule has 0 aliphatic rings. The highest BCUT2D eigenvalue weighted by Gasteiger charge is 2.17. The van der Waals surface area contributed by atoms with E-state index in [-0.39, 0.29) is 6.61 Å². The monoisotopic (exact) mass is 393 g/mol. The Bertz CT molecular complexity index is 1130. The zero-order chi connectivity index (χ0) is 20.4. The maximum atomic E-state index is 13.6. The molecule has 7 heteroatoms. The minimum absolute atomic E-state index is 0.247. The SMILES string of the molecule is Cc1nccnc1COc1noc2ccc(-c3ccc(OC(C)(C)F)cc3)cc12. The number of nitrogens with zero attached hydrogens (tertiary/aromatic N) is 3. The van der Waals surface area contributed by atoms with Crippen LogP contribution in [0.5, 0.6) is 11.6 Å². The molecule has 0 amide bonds. The number of alkyl halides is 1. The molecule has 0 bridgehead atoms. The van der Waals surface area contributed by atoms with Crippen LogP contribution in [-0.2, 0) is 6.61 Å². The van der Waals surface area contributed by atoms with Gasteiger partial charge in [0.05, 0.1) is 16.8 Å². The lowest BCUT2D eigenvalue weighted by molar-refractivity contribution is -0.0256. The van der Waals surface area contributed by atoms with Gasteiger partial charge in [-0.2, -0.15) is 4.39 Å². The van der Waals surface area contributed by atoms with Crippen molar-refractivity contribution in [2.45, 2.75) is 33.2 Å². The molecule has 0 spiro atoms. The Morgan fingerprint density at radius 2 is 1.72 bits per heavy atom. The molecule has 29 heavy (non-hydrogen) atoms. The maximum absolute atomic E-state index is 13.6. The Morgan fingerprint density at radius 1 is 1.00 bits per heavy atom. The third-order valence-corrected chi connectivity index (χ3v) is 4.31. The highest BCUT2D eigenvalue weighted by atomic mass is 19.2. The summed E-state index contributed by atoms with van der Waals surface area (Å²) in [5, 5.41) is 4.78. The molecule has 148 valence electrons. The molecule has 2 aromatic heterocycles. The Balaban J connectivity index is 1.57. The van der Waals surface area contributed by atoms with Crippen LogP contribution in [-0.4, -0.2) is 21.0 Å². The summed E-state index contributed by atoms with van der Waals surface area (Å²) in [5.41, 5.74) is 4.07. The fourth-order valence-corrected chi connectivity index (χ4v) is 2.91. The Kier molecular flexibility index (Phi) is 4.88. The molecule has 2 heterocycles. The van der Waals surface area contributed by atoms with Crippen LogP contribution in [0.25, 0.3) is 22.1 Å². The van der Waals surface area contributed by atoms with Crippen molar-refractivity contribution in [3.8, 4) is 22.8 Å². The van der Waals surface area contributed by atoms with E-state index in [4.69, 9.17) is 14.0 Å². The lowest BCUT2D eigenvalue weighted by Gasteiger charge is -2.17. The first kappa shape index (κ1) is 18.9. The average Bonchev–Trinajstić information content (AvgIpc) is 3.09. The van der Waals surface area contributed by atoms with Gasteiger partial charge in [0.1, 0.15) is 12.4 Å². The standard InChI is InChI=1S/C22H20FN3O3/c1-14-19(25-11-10-24-14)13-27-21-18-12-16(6-9-20(18)29-26-21)15-4-7-17(8-5-15)28-22(2,3)23/h4-12H,13H2,1-3H3. The topological polar surface area (TPSA) is 70.3 Å². The van der Waals surface area contributed by atoms with Crippen LogP contribution < -0.4 is 9.47 Å². The molecule has 4 aromatic rings. The second kappa shape index (κ2) is 7.50. The Hall–Kier alpha value is -3.48. The van der Waals surface area contributed by atoms with E-state index in [9.17, 15) is 4.39 Å². The summed E-state index contributed by atoms with van der Waals surface area (Å²) in [7, 11) is 0. The van der Waals surface area contributed by atoms with Crippen molar-refractivity contribution in [3.63, 3.8) is 0 Å². The molecule has 0 atom stereocenters. The molecule has 0 saturated carbocycles. The van der Waals surface area contributed by atoms with Gasteiger partial charge in [0.25, 0.3) is 5.88 Å². The number of hydrogen-bond acceptors (Lipinski definition) is 6. The van der Waals surface area contributed by atoms with Gasteiger partial charge in [-0.25, -0.2) is 0 Å². The molecule has 0 unspecified atom stereocenters. The quantitative estimate of drug-likeness (QED) is 0.445. The molecule has 0 aliphatic heterocycles. The summed E-state index contributed by atoms with van der Waals surface area (Å²) >= 11 is 0. The van der Waals surface area contributed by atoms with Crippen LogP contribution in [0, 0.1) is 6.92 Å². The molecule has 0 radical (unpaired) electrons. The van der Waals surface area contributed by atoms with Crippen molar-refractivity contribution in [1.29, 1.82) is 0 Å².